The van der Waals surface area contributed by atoms with Crippen LogP contribution in [0.25, 0.3) is 200 Å². The number of aromatic nitrogens is 10. The van der Waals surface area contributed by atoms with Crippen molar-refractivity contribution in [3.8, 4) is 67.9 Å². The van der Waals surface area contributed by atoms with Crippen molar-refractivity contribution >= 4 is 132 Å². The summed E-state index contributed by atoms with van der Waals surface area (Å²) in [5, 5.41) is 11.0. The average molecular weight is 1140 g/mol. The summed E-state index contributed by atoms with van der Waals surface area (Å²) in [6, 6.07) is 89.9. The fourth-order valence-corrected chi connectivity index (χ4v) is 14.8. The molecule has 0 saturated carbocycles. The molecule has 0 spiro atoms. The molecular weight excluding hydrogens is 1090 g/mol. The molecular formula is C78H42N10O. The third-order valence-electron chi connectivity index (χ3n) is 18.7. The summed E-state index contributed by atoms with van der Waals surface area (Å²) in [6.07, 6.45) is 0. The number of pyridine rings is 3. The summed E-state index contributed by atoms with van der Waals surface area (Å²) in [4.78, 5) is 32.5. The molecule has 0 saturated heterocycles. The minimum atomic E-state index is 0.532. The maximum absolute atomic E-state index is 6.58. The Balaban J connectivity index is 0.691. The third-order valence-corrected chi connectivity index (χ3v) is 18.7. The van der Waals surface area contributed by atoms with Crippen LogP contribution in [0.5, 0.6) is 0 Å². The van der Waals surface area contributed by atoms with Crippen LogP contribution < -0.4 is 0 Å². The second-order valence-corrected chi connectivity index (χ2v) is 23.4. The molecule has 0 atom stereocenters. The summed E-state index contributed by atoms with van der Waals surface area (Å²) in [6.45, 7) is 0. The Bertz CT molecular complexity index is 6560. The van der Waals surface area contributed by atoms with Crippen LogP contribution in [-0.4, -0.2) is 47.8 Å². The van der Waals surface area contributed by atoms with Crippen molar-refractivity contribution in [1.29, 1.82) is 0 Å². The fraction of sp³-hybridized carbons (Fsp3) is 0. The van der Waals surface area contributed by atoms with E-state index in [4.69, 9.17) is 34.3 Å². The van der Waals surface area contributed by atoms with Crippen LogP contribution >= 0.6 is 0 Å². The van der Waals surface area contributed by atoms with Crippen LogP contribution in [0.15, 0.2) is 259 Å². The number of imidazole rings is 2. The fourth-order valence-electron chi connectivity index (χ4n) is 14.8. The first kappa shape index (κ1) is 47.0. The van der Waals surface area contributed by atoms with Gasteiger partial charge in [-0.2, -0.15) is 0 Å². The van der Waals surface area contributed by atoms with Gasteiger partial charge < -0.3 is 4.42 Å². The van der Waals surface area contributed by atoms with Crippen molar-refractivity contribution in [2.45, 2.75) is 0 Å². The van der Waals surface area contributed by atoms with Gasteiger partial charge in [-0.25, -0.2) is 29.9 Å². The van der Waals surface area contributed by atoms with Gasteiger partial charge in [0.15, 0.2) is 16.9 Å². The standard InChI is InChI=1S/C78H42N10O/c1-2-17-48-47(16-1)53-26-15-28-61-69(53)58(48)42-68(79-61)85-66-38-36-45(40-59(66)72-76(85)86-63-29-12-8-20-51(63)49-18-4-6-23-55(49)74(86)83-72)46-37-39-67-62(41-46)80-75(89-67)44-34-32-43(33-35-44)70-56-24-7-11-27-60(56)81-78(84-70)88-65-31-14-10-25-57(65)71-77(88)87-64-30-13-9-21-52(64)50-19-3-5-22-54(50)73(87)82-71/h1-42H. The molecule has 11 nitrogen and oxygen atoms in total. The number of para-hydroxylation sites is 4. The lowest BCUT2D eigenvalue weighted by molar-refractivity contribution is 0.620. The molecule has 20 aromatic rings. The van der Waals surface area contributed by atoms with Gasteiger partial charge in [0, 0.05) is 54.2 Å². The Labute approximate surface area is 503 Å². The van der Waals surface area contributed by atoms with Gasteiger partial charge in [-0.1, -0.05) is 182 Å². The lowest BCUT2D eigenvalue weighted by Crippen LogP contribution is -2.05. The molecule has 1 aliphatic rings. The predicted octanol–water partition coefficient (Wildman–Crippen LogP) is 19.1. The molecule has 11 heteroatoms. The molecule has 11 aromatic carbocycles. The van der Waals surface area contributed by atoms with Gasteiger partial charge >= 0.3 is 0 Å². The zero-order chi connectivity index (χ0) is 57.7. The van der Waals surface area contributed by atoms with E-state index in [2.05, 4.69) is 255 Å². The molecule has 1 aliphatic carbocycles. The number of oxazole rings is 1. The van der Waals surface area contributed by atoms with E-state index in [-0.39, 0.29) is 0 Å². The Morgan fingerprint density at radius 3 is 1.55 bits per heavy atom. The maximum atomic E-state index is 6.58. The average Bonchev–Trinajstić information content (AvgIpc) is 1.58. The van der Waals surface area contributed by atoms with Gasteiger partial charge in [0.25, 0.3) is 0 Å². The van der Waals surface area contributed by atoms with Crippen molar-refractivity contribution in [2.75, 3.05) is 0 Å². The minimum absolute atomic E-state index is 0.532. The van der Waals surface area contributed by atoms with Crippen LogP contribution in [0, 0.1) is 0 Å². The number of fused-ring (bicyclic) bond motifs is 25. The van der Waals surface area contributed by atoms with Crippen molar-refractivity contribution < 1.29 is 4.42 Å². The van der Waals surface area contributed by atoms with Crippen molar-refractivity contribution in [1.82, 2.24) is 47.8 Å². The normalized spacial score (nSPS) is 12.5. The van der Waals surface area contributed by atoms with Gasteiger partial charge in [-0.05, 0) is 117 Å². The molecule has 0 amide bonds. The Hall–Kier alpha value is -12.3. The summed E-state index contributed by atoms with van der Waals surface area (Å²) >= 11 is 0. The molecule has 0 bridgehead atoms. The van der Waals surface area contributed by atoms with E-state index in [0.717, 1.165) is 144 Å². The zero-order valence-corrected chi connectivity index (χ0v) is 47.1. The van der Waals surface area contributed by atoms with Crippen LogP contribution in [-0.2, 0) is 0 Å². The first-order valence-electron chi connectivity index (χ1n) is 29.9. The predicted molar refractivity (Wildman–Crippen MR) is 359 cm³/mol. The largest absolute Gasteiger partial charge is 0.436 e. The molecule has 9 heterocycles. The monoisotopic (exact) mass is 1130 g/mol. The minimum Gasteiger partial charge on any atom is -0.436 e. The molecule has 0 unspecified atom stereocenters. The van der Waals surface area contributed by atoms with Gasteiger partial charge in [-0.15, -0.1) is 0 Å². The maximum Gasteiger partial charge on any atom is 0.237 e. The van der Waals surface area contributed by atoms with Gasteiger partial charge in [0.05, 0.1) is 38.8 Å². The third kappa shape index (κ3) is 6.33. The summed E-state index contributed by atoms with van der Waals surface area (Å²) < 4.78 is 15.7. The van der Waals surface area contributed by atoms with Crippen molar-refractivity contribution in [2.24, 2.45) is 0 Å². The molecule has 0 fully saturated rings. The SMILES string of the molecule is c1ccc2c(c1)-c1cccc3nc(-n4c5ccc(-c6ccc7oc(-c8ccc(-c9nc(-n%10c%11ccccc%11c%11nc%12c%13ccccc%13c%13ccccc%13n%12c%11%10)nc%10ccccc9%10)cc8)nc7c6)cc5c5nc6c7ccccc7c7ccccc7n6c54)cc-2c13. The summed E-state index contributed by atoms with van der Waals surface area (Å²) in [5.41, 5.74) is 22.4. The highest BCUT2D eigenvalue weighted by molar-refractivity contribution is 6.20. The lowest BCUT2D eigenvalue weighted by Gasteiger charge is -2.13. The first-order valence-corrected chi connectivity index (χ1v) is 29.9. The van der Waals surface area contributed by atoms with E-state index < -0.39 is 0 Å². The van der Waals surface area contributed by atoms with Crippen LogP contribution in [0.3, 0.4) is 0 Å². The highest BCUT2D eigenvalue weighted by Crippen LogP contribution is 2.49. The van der Waals surface area contributed by atoms with Crippen LogP contribution in [0.2, 0.25) is 0 Å². The zero-order valence-electron chi connectivity index (χ0n) is 47.1. The molecule has 410 valence electrons. The van der Waals surface area contributed by atoms with Gasteiger partial charge in [0.1, 0.15) is 33.7 Å². The van der Waals surface area contributed by atoms with Crippen LogP contribution in [0.4, 0.5) is 0 Å². The summed E-state index contributed by atoms with van der Waals surface area (Å²) in [7, 11) is 0. The second kappa shape index (κ2) is 17.2. The van der Waals surface area contributed by atoms with Gasteiger partial charge in [0.2, 0.25) is 11.8 Å². The molecule has 9 aromatic heterocycles. The molecule has 21 rings (SSSR count). The van der Waals surface area contributed by atoms with Crippen molar-refractivity contribution in [3.05, 3.63) is 255 Å². The van der Waals surface area contributed by atoms with E-state index in [0.29, 0.717) is 17.4 Å². The summed E-state index contributed by atoms with van der Waals surface area (Å²) in [5.74, 6) is 1.93. The van der Waals surface area contributed by atoms with E-state index in [1.807, 2.05) is 18.2 Å². The first-order chi connectivity index (χ1) is 44.1. The lowest BCUT2D eigenvalue weighted by atomic mass is 10.0. The Morgan fingerprint density at radius 2 is 0.820 bits per heavy atom. The van der Waals surface area contributed by atoms with Crippen molar-refractivity contribution in [3.63, 3.8) is 0 Å². The Kier molecular flexibility index (Phi) is 9.07. The Morgan fingerprint density at radius 1 is 0.292 bits per heavy atom. The molecule has 89 heavy (non-hydrogen) atoms. The molecule has 0 N–H and O–H groups in total. The van der Waals surface area contributed by atoms with E-state index in [1.54, 1.807) is 0 Å². The number of nitrogens with zero attached hydrogens (tertiary/aromatic N) is 10. The van der Waals surface area contributed by atoms with E-state index in [1.165, 1.54) is 38.4 Å². The molecule has 0 radical (unpaired) electrons. The second-order valence-electron chi connectivity index (χ2n) is 23.4. The number of rotatable bonds is 5. The molecule has 0 aliphatic heterocycles. The number of benzene rings is 11. The number of hydrogen-bond acceptors (Lipinski definition) is 7. The topological polar surface area (TPSA) is 109 Å². The number of hydrogen-bond donors (Lipinski definition) is 0. The quantitative estimate of drug-likeness (QED) is 0.158. The highest BCUT2D eigenvalue weighted by Gasteiger charge is 2.28. The van der Waals surface area contributed by atoms with E-state index in [9.17, 15) is 0 Å². The van der Waals surface area contributed by atoms with Crippen LogP contribution in [0.1, 0.15) is 0 Å². The van der Waals surface area contributed by atoms with Gasteiger partial charge in [-0.3, -0.25) is 17.9 Å². The smallest absolute Gasteiger partial charge is 0.237 e. The highest BCUT2D eigenvalue weighted by atomic mass is 16.3. The van der Waals surface area contributed by atoms with E-state index >= 15 is 0 Å².